The van der Waals surface area contributed by atoms with Gasteiger partial charge in [0.25, 0.3) is 0 Å². The Morgan fingerprint density at radius 3 is 1.76 bits per heavy atom. The van der Waals surface area contributed by atoms with Crippen LogP contribution in [0.2, 0.25) is 0 Å². The quantitative estimate of drug-likeness (QED) is 0.387. The molecule has 0 radical (unpaired) electrons. The maximum atomic E-state index is 13.7. The van der Waals surface area contributed by atoms with Crippen molar-refractivity contribution in [3.63, 3.8) is 0 Å². The van der Waals surface area contributed by atoms with Crippen LogP contribution in [0.25, 0.3) is 0 Å². The minimum absolute atomic E-state index is 0.138. The van der Waals surface area contributed by atoms with Crippen LogP contribution in [0.1, 0.15) is 36.0 Å². The molecule has 0 saturated carbocycles. The van der Waals surface area contributed by atoms with Crippen molar-refractivity contribution < 1.29 is 14.3 Å². The van der Waals surface area contributed by atoms with E-state index in [0.717, 1.165) is 29.5 Å². The third-order valence-electron chi connectivity index (χ3n) is 5.49. The summed E-state index contributed by atoms with van der Waals surface area (Å²) in [4.78, 5) is 28.0. The maximum Gasteiger partial charge on any atom is 0.408 e. The minimum Gasteiger partial charge on any atom is -0.445 e. The molecule has 3 N–H and O–H groups in total. The van der Waals surface area contributed by atoms with Gasteiger partial charge >= 0.3 is 6.09 Å². The molecule has 1 atom stereocenters. The molecule has 0 unspecified atom stereocenters. The number of alkyl carbamates (subject to hydrolysis) is 1. The lowest BCUT2D eigenvalue weighted by atomic mass is 10.1. The zero-order chi connectivity index (χ0) is 24.0. The Labute approximate surface area is 201 Å². The molecule has 6 heteroatoms. The van der Waals surface area contributed by atoms with Gasteiger partial charge in [-0.15, -0.1) is 0 Å². The van der Waals surface area contributed by atoms with Gasteiger partial charge in [-0.25, -0.2) is 4.79 Å². The molecule has 0 aromatic heterocycles. The zero-order valence-corrected chi connectivity index (χ0v) is 19.4. The molecule has 3 aromatic carbocycles. The van der Waals surface area contributed by atoms with Crippen molar-refractivity contribution >= 4 is 12.0 Å². The predicted octanol–water partition coefficient (Wildman–Crippen LogP) is 4.64. The van der Waals surface area contributed by atoms with E-state index in [2.05, 4.69) is 5.32 Å². The van der Waals surface area contributed by atoms with Crippen molar-refractivity contribution in [2.24, 2.45) is 5.73 Å². The average Bonchev–Trinajstić information content (AvgIpc) is 2.88. The first-order valence-electron chi connectivity index (χ1n) is 11.7. The first-order valence-corrected chi connectivity index (χ1v) is 11.7. The summed E-state index contributed by atoms with van der Waals surface area (Å²) in [6.07, 6.45) is 1.41. The molecule has 3 rings (SSSR count). The third-order valence-corrected chi connectivity index (χ3v) is 5.49. The maximum absolute atomic E-state index is 13.7. The van der Waals surface area contributed by atoms with E-state index in [-0.39, 0.29) is 12.5 Å². The molecule has 0 bridgehead atoms. The number of nitrogens with two attached hydrogens (primary N) is 1. The molecule has 6 nitrogen and oxygen atoms in total. The summed E-state index contributed by atoms with van der Waals surface area (Å²) in [5.74, 6) is -0.138. The highest BCUT2D eigenvalue weighted by Gasteiger charge is 2.26. The number of nitrogens with zero attached hydrogens (tertiary/aromatic N) is 1. The number of hydrogen-bond acceptors (Lipinski definition) is 4. The molecule has 0 spiro atoms. The van der Waals surface area contributed by atoms with Crippen molar-refractivity contribution in [2.75, 3.05) is 6.54 Å². The van der Waals surface area contributed by atoms with Crippen LogP contribution in [0.5, 0.6) is 0 Å². The minimum atomic E-state index is -0.692. The van der Waals surface area contributed by atoms with Gasteiger partial charge in [-0.2, -0.15) is 0 Å². The van der Waals surface area contributed by atoms with Crippen molar-refractivity contribution in [1.29, 1.82) is 0 Å². The Morgan fingerprint density at radius 2 is 1.26 bits per heavy atom. The molecule has 0 aliphatic rings. The SMILES string of the molecule is NCCCC[C@H](NC(=O)OCc1ccccc1)C(=O)N(Cc1ccccc1)Cc1ccccc1. The molecule has 3 aromatic rings. The summed E-state index contributed by atoms with van der Waals surface area (Å²) in [5, 5.41) is 2.80. The summed E-state index contributed by atoms with van der Waals surface area (Å²) in [6, 6.07) is 28.5. The van der Waals surface area contributed by atoms with Crippen molar-refractivity contribution in [3.05, 3.63) is 108 Å². The lowest BCUT2D eigenvalue weighted by Crippen LogP contribution is -2.48. The first kappa shape index (κ1) is 25.0. The molecule has 0 saturated heterocycles. The molecule has 0 heterocycles. The molecule has 178 valence electrons. The van der Waals surface area contributed by atoms with E-state index < -0.39 is 12.1 Å². The monoisotopic (exact) mass is 459 g/mol. The highest BCUT2D eigenvalue weighted by Crippen LogP contribution is 2.14. The normalized spacial score (nSPS) is 11.4. The second kappa shape index (κ2) is 13.8. The molecule has 2 amide bonds. The Kier molecular flexibility index (Phi) is 10.1. The largest absolute Gasteiger partial charge is 0.445 e. The molecule has 0 fully saturated rings. The van der Waals surface area contributed by atoms with Crippen molar-refractivity contribution in [1.82, 2.24) is 10.2 Å². The van der Waals surface area contributed by atoms with E-state index in [1.807, 2.05) is 91.0 Å². The van der Waals surface area contributed by atoms with E-state index in [9.17, 15) is 9.59 Å². The summed E-state index contributed by atoms with van der Waals surface area (Å²) >= 11 is 0. The number of benzene rings is 3. The Balaban J connectivity index is 1.72. The van der Waals surface area contributed by atoms with E-state index in [0.29, 0.717) is 26.1 Å². The van der Waals surface area contributed by atoms with Gasteiger partial charge < -0.3 is 20.7 Å². The molecule has 34 heavy (non-hydrogen) atoms. The van der Waals surface area contributed by atoms with E-state index in [1.54, 1.807) is 4.90 Å². The van der Waals surface area contributed by atoms with Crippen LogP contribution in [0.3, 0.4) is 0 Å². The van der Waals surface area contributed by atoms with Gasteiger partial charge in [0.1, 0.15) is 12.6 Å². The topological polar surface area (TPSA) is 84.7 Å². The molecule has 0 aliphatic heterocycles. The third kappa shape index (κ3) is 8.37. The summed E-state index contributed by atoms with van der Waals surface area (Å²) in [6.45, 7) is 1.58. The number of ether oxygens (including phenoxy) is 1. The van der Waals surface area contributed by atoms with Crippen LogP contribution < -0.4 is 11.1 Å². The van der Waals surface area contributed by atoms with Gasteiger partial charge in [-0.1, -0.05) is 91.0 Å². The Morgan fingerprint density at radius 1 is 0.765 bits per heavy atom. The number of hydrogen-bond donors (Lipinski definition) is 2. The first-order chi connectivity index (χ1) is 16.7. The number of carbonyl (C=O) groups excluding carboxylic acids is 2. The smallest absolute Gasteiger partial charge is 0.408 e. The summed E-state index contributed by atoms with van der Waals surface area (Å²) < 4.78 is 5.39. The Bertz CT molecular complexity index is 956. The van der Waals surface area contributed by atoms with Gasteiger partial charge in [-0.05, 0) is 42.5 Å². The van der Waals surface area contributed by atoms with Crippen LogP contribution in [-0.2, 0) is 29.2 Å². The van der Waals surface area contributed by atoms with E-state index >= 15 is 0 Å². The van der Waals surface area contributed by atoms with Gasteiger partial charge in [0, 0.05) is 13.1 Å². The van der Waals surface area contributed by atoms with E-state index in [4.69, 9.17) is 10.5 Å². The van der Waals surface area contributed by atoms with E-state index in [1.165, 1.54) is 0 Å². The fourth-order valence-electron chi connectivity index (χ4n) is 3.70. The van der Waals surface area contributed by atoms with Crippen LogP contribution in [0.15, 0.2) is 91.0 Å². The number of amides is 2. The van der Waals surface area contributed by atoms with Crippen LogP contribution in [0, 0.1) is 0 Å². The number of nitrogens with one attached hydrogen (secondary N) is 1. The second-order valence-corrected chi connectivity index (χ2v) is 8.21. The second-order valence-electron chi connectivity index (χ2n) is 8.21. The van der Waals surface area contributed by atoms with Gasteiger partial charge in [-0.3, -0.25) is 4.79 Å². The summed E-state index contributed by atoms with van der Waals surface area (Å²) in [7, 11) is 0. The molecular weight excluding hydrogens is 426 g/mol. The van der Waals surface area contributed by atoms with Crippen LogP contribution >= 0.6 is 0 Å². The number of unbranched alkanes of at least 4 members (excludes halogenated alkanes) is 1. The van der Waals surface area contributed by atoms with Crippen LogP contribution in [-0.4, -0.2) is 29.5 Å². The van der Waals surface area contributed by atoms with Gasteiger partial charge in [0.2, 0.25) is 5.91 Å². The fourth-order valence-corrected chi connectivity index (χ4v) is 3.70. The van der Waals surface area contributed by atoms with Crippen molar-refractivity contribution in [3.8, 4) is 0 Å². The predicted molar refractivity (Wildman–Crippen MR) is 134 cm³/mol. The standard InChI is InChI=1S/C28H33N3O3/c29-19-11-10-18-26(30-28(33)34-22-25-16-8-3-9-17-25)27(32)31(20-23-12-4-1-5-13-23)21-24-14-6-2-7-15-24/h1-9,12-17,26H,10-11,18-22,29H2,(H,30,33)/t26-/m0/s1. The fraction of sp³-hybridized carbons (Fsp3) is 0.286. The zero-order valence-electron chi connectivity index (χ0n) is 19.4. The Hall–Kier alpha value is -3.64. The highest BCUT2D eigenvalue weighted by molar-refractivity contribution is 5.85. The van der Waals surface area contributed by atoms with Gasteiger partial charge in [0.15, 0.2) is 0 Å². The lowest BCUT2D eigenvalue weighted by Gasteiger charge is -2.28. The highest BCUT2D eigenvalue weighted by atomic mass is 16.5. The lowest BCUT2D eigenvalue weighted by molar-refractivity contribution is -0.134. The van der Waals surface area contributed by atoms with Gasteiger partial charge in [0.05, 0.1) is 0 Å². The average molecular weight is 460 g/mol. The van der Waals surface area contributed by atoms with Crippen molar-refractivity contribution in [2.45, 2.75) is 45.0 Å². The number of rotatable bonds is 12. The van der Waals surface area contributed by atoms with Crippen LogP contribution in [0.4, 0.5) is 4.79 Å². The number of carbonyl (C=O) groups is 2. The molecular formula is C28H33N3O3. The molecule has 0 aliphatic carbocycles. The summed E-state index contributed by atoms with van der Waals surface area (Å²) in [5.41, 5.74) is 8.60.